The van der Waals surface area contributed by atoms with Crippen molar-refractivity contribution in [3.63, 3.8) is 0 Å². The molecule has 1 saturated heterocycles. The highest BCUT2D eigenvalue weighted by Gasteiger charge is 2.24. The lowest BCUT2D eigenvalue weighted by atomic mass is 10.1. The lowest BCUT2D eigenvalue weighted by Gasteiger charge is -2.20. The Morgan fingerprint density at radius 1 is 1.32 bits per heavy atom. The monoisotopic (exact) mass is 303 g/mol. The minimum atomic E-state index is -0.443. The van der Waals surface area contributed by atoms with Crippen molar-refractivity contribution in [3.8, 4) is 0 Å². The third-order valence-electron chi connectivity index (χ3n) is 3.84. The van der Waals surface area contributed by atoms with Gasteiger partial charge in [-0.05, 0) is 24.9 Å². The van der Waals surface area contributed by atoms with Crippen LogP contribution in [0.3, 0.4) is 0 Å². The molecule has 1 aromatic rings. The molecule has 0 spiro atoms. The second-order valence-corrected chi connectivity index (χ2v) is 5.77. The Balaban J connectivity index is 1.86. The molecule has 1 aliphatic rings. The molecule has 3 N–H and O–H groups in total. The minimum absolute atomic E-state index is 0.0723. The average molecular weight is 303 g/mol. The SMILES string of the molecule is CCCC(NC(=O)Cc1ccccc1)C(=O)NC1CCNC1. The summed E-state index contributed by atoms with van der Waals surface area (Å²) in [5, 5.41) is 9.11. The molecule has 1 aromatic carbocycles. The van der Waals surface area contributed by atoms with Gasteiger partial charge in [0.15, 0.2) is 0 Å². The standard InChI is InChI=1S/C17H25N3O2/c1-2-6-15(17(22)19-14-9-10-18-12-14)20-16(21)11-13-7-4-3-5-8-13/h3-5,7-8,14-15,18H,2,6,9-12H2,1H3,(H,19,22)(H,20,21). The summed E-state index contributed by atoms with van der Waals surface area (Å²) in [4.78, 5) is 24.5. The van der Waals surface area contributed by atoms with E-state index in [0.29, 0.717) is 12.8 Å². The van der Waals surface area contributed by atoms with Crippen LogP contribution in [0.5, 0.6) is 0 Å². The molecule has 0 saturated carbocycles. The third kappa shape index (κ3) is 5.15. The number of carbonyl (C=O) groups is 2. The topological polar surface area (TPSA) is 70.2 Å². The van der Waals surface area contributed by atoms with Gasteiger partial charge in [0.05, 0.1) is 6.42 Å². The van der Waals surface area contributed by atoms with E-state index in [1.165, 1.54) is 0 Å². The van der Waals surface area contributed by atoms with Crippen LogP contribution in [0.4, 0.5) is 0 Å². The average Bonchev–Trinajstić information content (AvgIpc) is 3.00. The molecule has 2 rings (SSSR count). The van der Waals surface area contributed by atoms with E-state index in [0.717, 1.165) is 31.5 Å². The first-order chi connectivity index (χ1) is 10.7. The van der Waals surface area contributed by atoms with Gasteiger partial charge in [-0.3, -0.25) is 9.59 Å². The van der Waals surface area contributed by atoms with E-state index in [-0.39, 0.29) is 17.9 Å². The van der Waals surface area contributed by atoms with Crippen LogP contribution in [-0.2, 0) is 16.0 Å². The molecular weight excluding hydrogens is 278 g/mol. The lowest BCUT2D eigenvalue weighted by Crippen LogP contribution is -2.50. The molecule has 0 aliphatic carbocycles. The predicted molar refractivity (Wildman–Crippen MR) is 86.4 cm³/mol. The first kappa shape index (κ1) is 16.5. The van der Waals surface area contributed by atoms with Crippen molar-refractivity contribution in [3.05, 3.63) is 35.9 Å². The van der Waals surface area contributed by atoms with Gasteiger partial charge in [0, 0.05) is 12.6 Å². The minimum Gasteiger partial charge on any atom is -0.350 e. The summed E-state index contributed by atoms with van der Waals surface area (Å²) in [7, 11) is 0. The van der Waals surface area contributed by atoms with Gasteiger partial charge in [0.2, 0.25) is 11.8 Å². The second kappa shape index (κ2) is 8.54. The zero-order valence-corrected chi connectivity index (χ0v) is 13.1. The molecule has 2 atom stereocenters. The van der Waals surface area contributed by atoms with Crippen LogP contribution in [0.1, 0.15) is 31.7 Å². The fourth-order valence-corrected chi connectivity index (χ4v) is 2.66. The van der Waals surface area contributed by atoms with Gasteiger partial charge in [0.1, 0.15) is 6.04 Å². The number of rotatable bonds is 7. The van der Waals surface area contributed by atoms with Crippen molar-refractivity contribution in [1.82, 2.24) is 16.0 Å². The summed E-state index contributed by atoms with van der Waals surface area (Å²) in [6, 6.07) is 9.30. The van der Waals surface area contributed by atoms with Crippen LogP contribution in [0, 0.1) is 0 Å². The van der Waals surface area contributed by atoms with Gasteiger partial charge in [-0.1, -0.05) is 43.7 Å². The lowest BCUT2D eigenvalue weighted by molar-refractivity contribution is -0.129. The van der Waals surface area contributed by atoms with Gasteiger partial charge in [-0.2, -0.15) is 0 Å². The van der Waals surface area contributed by atoms with Gasteiger partial charge in [-0.25, -0.2) is 0 Å². The van der Waals surface area contributed by atoms with E-state index >= 15 is 0 Å². The first-order valence-corrected chi connectivity index (χ1v) is 8.03. The van der Waals surface area contributed by atoms with Crippen LogP contribution in [0.2, 0.25) is 0 Å². The largest absolute Gasteiger partial charge is 0.350 e. The zero-order valence-electron chi connectivity index (χ0n) is 13.1. The quantitative estimate of drug-likeness (QED) is 0.703. The van der Waals surface area contributed by atoms with Crippen molar-refractivity contribution >= 4 is 11.8 Å². The summed E-state index contributed by atoms with van der Waals surface area (Å²) in [5.41, 5.74) is 0.954. The van der Waals surface area contributed by atoms with Crippen molar-refractivity contribution < 1.29 is 9.59 Å². The number of hydrogen-bond acceptors (Lipinski definition) is 3. The molecule has 0 radical (unpaired) electrons. The van der Waals surface area contributed by atoms with Gasteiger partial charge >= 0.3 is 0 Å². The molecule has 1 heterocycles. The first-order valence-electron chi connectivity index (χ1n) is 8.03. The summed E-state index contributed by atoms with van der Waals surface area (Å²) in [6.45, 7) is 3.76. The Hall–Kier alpha value is -1.88. The molecule has 120 valence electrons. The van der Waals surface area contributed by atoms with Crippen molar-refractivity contribution in [2.45, 2.75) is 44.7 Å². The summed E-state index contributed by atoms with van der Waals surface area (Å²) in [6.07, 6.45) is 2.76. The number of amides is 2. The zero-order chi connectivity index (χ0) is 15.8. The molecule has 2 amide bonds. The smallest absolute Gasteiger partial charge is 0.242 e. The van der Waals surface area contributed by atoms with E-state index in [9.17, 15) is 9.59 Å². The van der Waals surface area contributed by atoms with Crippen LogP contribution in [0.25, 0.3) is 0 Å². The molecule has 0 bridgehead atoms. The van der Waals surface area contributed by atoms with Crippen molar-refractivity contribution in [1.29, 1.82) is 0 Å². The van der Waals surface area contributed by atoms with Gasteiger partial charge in [0.25, 0.3) is 0 Å². The van der Waals surface area contributed by atoms with E-state index in [1.54, 1.807) is 0 Å². The highest BCUT2D eigenvalue weighted by molar-refractivity contribution is 5.88. The van der Waals surface area contributed by atoms with Crippen molar-refractivity contribution in [2.24, 2.45) is 0 Å². The molecule has 0 aromatic heterocycles. The van der Waals surface area contributed by atoms with Crippen LogP contribution < -0.4 is 16.0 Å². The number of nitrogens with one attached hydrogen (secondary N) is 3. The normalized spacial score (nSPS) is 18.7. The Morgan fingerprint density at radius 2 is 2.09 bits per heavy atom. The molecular formula is C17H25N3O2. The highest BCUT2D eigenvalue weighted by Crippen LogP contribution is 2.04. The summed E-state index contributed by atoms with van der Waals surface area (Å²) >= 11 is 0. The molecule has 5 heteroatoms. The summed E-state index contributed by atoms with van der Waals surface area (Å²) < 4.78 is 0. The predicted octanol–water partition coefficient (Wildman–Crippen LogP) is 0.992. The van der Waals surface area contributed by atoms with Gasteiger partial charge in [-0.15, -0.1) is 0 Å². The van der Waals surface area contributed by atoms with Gasteiger partial charge < -0.3 is 16.0 Å². The fraction of sp³-hybridized carbons (Fsp3) is 0.529. The van der Waals surface area contributed by atoms with E-state index in [2.05, 4.69) is 16.0 Å². The van der Waals surface area contributed by atoms with Crippen molar-refractivity contribution in [2.75, 3.05) is 13.1 Å². The highest BCUT2D eigenvalue weighted by atomic mass is 16.2. The van der Waals surface area contributed by atoms with Crippen LogP contribution >= 0.6 is 0 Å². The van der Waals surface area contributed by atoms with Crippen LogP contribution in [0.15, 0.2) is 30.3 Å². The van der Waals surface area contributed by atoms with Crippen LogP contribution in [-0.4, -0.2) is 37.0 Å². The van der Waals surface area contributed by atoms with E-state index < -0.39 is 6.04 Å². The molecule has 5 nitrogen and oxygen atoms in total. The Morgan fingerprint density at radius 3 is 2.73 bits per heavy atom. The maximum absolute atomic E-state index is 12.3. The third-order valence-corrected chi connectivity index (χ3v) is 3.84. The fourth-order valence-electron chi connectivity index (χ4n) is 2.66. The van der Waals surface area contributed by atoms with E-state index in [4.69, 9.17) is 0 Å². The number of carbonyl (C=O) groups excluding carboxylic acids is 2. The molecule has 1 aliphatic heterocycles. The molecule has 2 unspecified atom stereocenters. The number of hydrogen-bond donors (Lipinski definition) is 3. The summed E-state index contributed by atoms with van der Waals surface area (Å²) in [5.74, 6) is -0.179. The Kier molecular flexibility index (Phi) is 6.40. The number of benzene rings is 1. The Bertz CT molecular complexity index is 484. The maximum atomic E-state index is 12.3. The second-order valence-electron chi connectivity index (χ2n) is 5.77. The van der Waals surface area contributed by atoms with E-state index in [1.807, 2.05) is 37.3 Å². The Labute approximate surface area is 131 Å². The maximum Gasteiger partial charge on any atom is 0.242 e. The molecule has 22 heavy (non-hydrogen) atoms. The molecule has 1 fully saturated rings.